The molecule has 1 amide bonds. The summed E-state index contributed by atoms with van der Waals surface area (Å²) in [5.74, 6) is -0.242. The molecule has 3 aromatic carbocycles. The molecule has 4 rings (SSSR count). The van der Waals surface area contributed by atoms with Crippen molar-refractivity contribution in [1.82, 2.24) is 5.32 Å². The minimum Gasteiger partial charge on any atom is -0.349 e. The number of anilines is 1. The van der Waals surface area contributed by atoms with E-state index in [1.165, 1.54) is 6.42 Å². The van der Waals surface area contributed by atoms with E-state index in [4.69, 9.17) is 0 Å². The molecule has 0 aromatic heterocycles. The largest absolute Gasteiger partial charge is 0.349 e. The molecule has 1 aliphatic carbocycles. The highest BCUT2D eigenvalue weighted by Gasteiger charge is 2.21. The number of carbonyl (C=O) groups excluding carboxylic acids is 1. The minimum atomic E-state index is -3.82. The number of benzene rings is 3. The van der Waals surface area contributed by atoms with E-state index in [0.29, 0.717) is 5.56 Å². The van der Waals surface area contributed by atoms with E-state index in [2.05, 4.69) is 10.0 Å². The lowest BCUT2D eigenvalue weighted by molar-refractivity contribution is 0.0928. The number of rotatable bonds is 5. The summed E-state index contributed by atoms with van der Waals surface area (Å²) in [4.78, 5) is 13.0. The molecule has 0 unspecified atom stereocenters. The van der Waals surface area contributed by atoms with E-state index in [9.17, 15) is 13.2 Å². The van der Waals surface area contributed by atoms with Gasteiger partial charge in [0.15, 0.2) is 0 Å². The summed E-state index contributed by atoms with van der Waals surface area (Å²) >= 11 is 0. The maximum Gasteiger partial charge on any atom is 0.261 e. The highest BCUT2D eigenvalue weighted by Crippen LogP contribution is 2.24. The molecule has 2 N–H and O–H groups in total. The Hall–Kier alpha value is -2.86. The predicted octanol–water partition coefficient (Wildman–Crippen LogP) is 4.70. The number of sulfonamides is 1. The fourth-order valence-corrected chi connectivity index (χ4v) is 4.93. The van der Waals surface area contributed by atoms with Crippen molar-refractivity contribution in [2.45, 2.75) is 43.0 Å². The first-order chi connectivity index (χ1) is 14.0. The molecular formula is C23H24N2O3S. The summed E-state index contributed by atoms with van der Waals surface area (Å²) in [6, 6.07) is 19.5. The second-order valence-electron chi connectivity index (χ2n) is 7.47. The number of hydrogen-bond donors (Lipinski definition) is 2. The summed E-state index contributed by atoms with van der Waals surface area (Å²) in [7, 11) is -3.82. The Balaban J connectivity index is 1.58. The summed E-state index contributed by atoms with van der Waals surface area (Å²) in [6.07, 6.45) is 5.37. The quantitative estimate of drug-likeness (QED) is 0.642. The van der Waals surface area contributed by atoms with Gasteiger partial charge in [-0.3, -0.25) is 9.52 Å². The summed E-state index contributed by atoms with van der Waals surface area (Å²) in [5.41, 5.74) is 0.622. The van der Waals surface area contributed by atoms with Gasteiger partial charge in [0.05, 0.1) is 16.1 Å². The average Bonchev–Trinajstić information content (AvgIpc) is 2.74. The summed E-state index contributed by atoms with van der Waals surface area (Å²) in [5, 5.41) is 4.87. The van der Waals surface area contributed by atoms with E-state index >= 15 is 0 Å². The van der Waals surface area contributed by atoms with Crippen LogP contribution >= 0.6 is 0 Å². The molecule has 0 spiro atoms. The van der Waals surface area contributed by atoms with Gasteiger partial charge in [-0.2, -0.15) is 0 Å². The first-order valence-corrected chi connectivity index (χ1v) is 11.4. The second kappa shape index (κ2) is 8.25. The molecule has 0 saturated heterocycles. The topological polar surface area (TPSA) is 75.3 Å². The zero-order valence-corrected chi connectivity index (χ0v) is 16.9. The Kier molecular flexibility index (Phi) is 5.53. The maximum absolute atomic E-state index is 13.0. The van der Waals surface area contributed by atoms with Crippen LogP contribution in [0.5, 0.6) is 0 Å². The molecular weight excluding hydrogens is 384 g/mol. The number of nitrogens with one attached hydrogen (secondary N) is 2. The van der Waals surface area contributed by atoms with Gasteiger partial charge in [0.2, 0.25) is 0 Å². The number of amides is 1. The lowest BCUT2D eigenvalue weighted by atomic mass is 9.95. The van der Waals surface area contributed by atoms with Crippen LogP contribution in [0, 0.1) is 0 Å². The van der Waals surface area contributed by atoms with Gasteiger partial charge >= 0.3 is 0 Å². The van der Waals surface area contributed by atoms with Gasteiger partial charge in [-0.1, -0.05) is 61.7 Å². The van der Waals surface area contributed by atoms with E-state index in [1.54, 1.807) is 42.5 Å². The molecule has 5 nitrogen and oxygen atoms in total. The third-order valence-electron chi connectivity index (χ3n) is 5.39. The minimum absolute atomic E-state index is 0.154. The lowest BCUT2D eigenvalue weighted by Gasteiger charge is -2.23. The van der Waals surface area contributed by atoms with Crippen LogP contribution < -0.4 is 10.0 Å². The molecule has 0 radical (unpaired) electrons. The van der Waals surface area contributed by atoms with Crippen LogP contribution in [0.1, 0.15) is 42.5 Å². The van der Waals surface area contributed by atoms with Crippen LogP contribution in [0.2, 0.25) is 0 Å². The van der Waals surface area contributed by atoms with Crippen LogP contribution in [0.25, 0.3) is 10.8 Å². The van der Waals surface area contributed by atoms with Crippen molar-refractivity contribution in [3.63, 3.8) is 0 Å². The Morgan fingerprint density at radius 3 is 2.31 bits per heavy atom. The molecule has 1 saturated carbocycles. The Morgan fingerprint density at radius 2 is 1.52 bits per heavy atom. The van der Waals surface area contributed by atoms with Crippen molar-refractivity contribution in [2.24, 2.45) is 0 Å². The van der Waals surface area contributed by atoms with Gasteiger partial charge in [0.1, 0.15) is 0 Å². The van der Waals surface area contributed by atoms with Crippen LogP contribution in [0.4, 0.5) is 5.69 Å². The first-order valence-electron chi connectivity index (χ1n) is 9.94. The second-order valence-corrected chi connectivity index (χ2v) is 9.15. The van der Waals surface area contributed by atoms with Crippen molar-refractivity contribution < 1.29 is 13.2 Å². The Labute approximate surface area is 171 Å². The van der Waals surface area contributed by atoms with E-state index in [0.717, 1.165) is 36.5 Å². The SMILES string of the molecule is O=C(NC1CCCCC1)c1ccccc1NS(=O)(=O)c1ccc2ccccc2c1. The van der Waals surface area contributed by atoms with Crippen LogP contribution in [0.15, 0.2) is 71.6 Å². The van der Waals surface area contributed by atoms with Crippen LogP contribution in [0.3, 0.4) is 0 Å². The molecule has 0 atom stereocenters. The predicted molar refractivity (Wildman–Crippen MR) is 116 cm³/mol. The van der Waals surface area contributed by atoms with Crippen molar-refractivity contribution >= 4 is 32.4 Å². The number of fused-ring (bicyclic) bond motifs is 1. The van der Waals surface area contributed by atoms with Gasteiger partial charge in [0.25, 0.3) is 15.9 Å². The molecule has 1 aliphatic rings. The lowest BCUT2D eigenvalue weighted by Crippen LogP contribution is -2.36. The van der Waals surface area contributed by atoms with Gasteiger partial charge < -0.3 is 5.32 Å². The third kappa shape index (κ3) is 4.43. The van der Waals surface area contributed by atoms with Crippen LogP contribution in [-0.4, -0.2) is 20.4 Å². The smallest absolute Gasteiger partial charge is 0.261 e. The zero-order valence-electron chi connectivity index (χ0n) is 16.1. The Bertz CT molecular complexity index is 1140. The number of hydrogen-bond acceptors (Lipinski definition) is 3. The number of carbonyl (C=O) groups is 1. The van der Waals surface area contributed by atoms with Gasteiger partial charge in [-0.05, 0) is 47.9 Å². The first kappa shape index (κ1) is 19.5. The van der Waals surface area contributed by atoms with Crippen molar-refractivity contribution in [3.05, 3.63) is 72.3 Å². The molecule has 150 valence electrons. The van der Waals surface area contributed by atoms with E-state index in [1.807, 2.05) is 24.3 Å². The number of para-hydroxylation sites is 1. The van der Waals surface area contributed by atoms with Crippen molar-refractivity contribution in [2.75, 3.05) is 4.72 Å². The average molecular weight is 409 g/mol. The van der Waals surface area contributed by atoms with E-state index < -0.39 is 10.0 Å². The summed E-state index contributed by atoms with van der Waals surface area (Å²) < 4.78 is 28.5. The molecule has 0 bridgehead atoms. The molecule has 3 aromatic rings. The molecule has 6 heteroatoms. The van der Waals surface area contributed by atoms with Crippen molar-refractivity contribution in [3.8, 4) is 0 Å². The normalized spacial score (nSPS) is 15.2. The maximum atomic E-state index is 13.0. The molecule has 1 fully saturated rings. The Morgan fingerprint density at radius 1 is 0.828 bits per heavy atom. The molecule has 0 aliphatic heterocycles. The fourth-order valence-electron chi connectivity index (χ4n) is 3.82. The molecule has 29 heavy (non-hydrogen) atoms. The third-order valence-corrected chi connectivity index (χ3v) is 6.75. The zero-order chi connectivity index (χ0) is 20.3. The standard InChI is InChI=1S/C23H24N2O3S/c26-23(24-19-10-2-1-3-11-19)21-12-6-7-13-22(21)25-29(27,28)20-15-14-17-8-4-5-9-18(17)16-20/h4-9,12-16,19,25H,1-3,10-11H2,(H,24,26). The summed E-state index contributed by atoms with van der Waals surface area (Å²) in [6.45, 7) is 0. The molecule has 0 heterocycles. The van der Waals surface area contributed by atoms with Gasteiger partial charge in [-0.15, -0.1) is 0 Å². The van der Waals surface area contributed by atoms with Crippen LogP contribution in [-0.2, 0) is 10.0 Å². The fraction of sp³-hybridized carbons (Fsp3) is 0.261. The van der Waals surface area contributed by atoms with Crippen molar-refractivity contribution in [1.29, 1.82) is 0 Å². The highest BCUT2D eigenvalue weighted by atomic mass is 32.2. The highest BCUT2D eigenvalue weighted by molar-refractivity contribution is 7.92. The van der Waals surface area contributed by atoms with Gasteiger partial charge in [0, 0.05) is 6.04 Å². The monoisotopic (exact) mass is 408 g/mol. The van der Waals surface area contributed by atoms with Gasteiger partial charge in [-0.25, -0.2) is 8.42 Å². The van der Waals surface area contributed by atoms with E-state index in [-0.39, 0.29) is 22.5 Å².